The number of aromatic nitrogens is 1. The van der Waals surface area contributed by atoms with Gasteiger partial charge in [0, 0.05) is 18.8 Å². The molecule has 2 N–H and O–H groups in total. The van der Waals surface area contributed by atoms with Gasteiger partial charge in [-0.1, -0.05) is 6.92 Å². The van der Waals surface area contributed by atoms with Gasteiger partial charge in [0.25, 0.3) is 5.91 Å². The largest absolute Gasteiger partial charge is 0.351 e. The molecular formula is C13H23N3O. The Kier molecular flexibility index (Phi) is 5.77. The molecular weight excluding hydrogens is 214 g/mol. The number of rotatable bonds is 7. The van der Waals surface area contributed by atoms with Crippen LogP contribution >= 0.6 is 0 Å². The van der Waals surface area contributed by atoms with Gasteiger partial charge in [-0.25, -0.2) is 0 Å². The molecule has 1 aromatic rings. The molecule has 0 saturated heterocycles. The molecule has 96 valence electrons. The highest BCUT2D eigenvalue weighted by molar-refractivity contribution is 5.92. The lowest BCUT2D eigenvalue weighted by atomic mass is 10.3. The minimum atomic E-state index is 0.0141. The number of carbonyl (C=O) groups is 1. The van der Waals surface area contributed by atoms with Crippen molar-refractivity contribution < 1.29 is 4.79 Å². The topological polar surface area (TPSA) is 46.1 Å². The van der Waals surface area contributed by atoms with Crippen LogP contribution in [-0.4, -0.2) is 30.1 Å². The van der Waals surface area contributed by atoms with Gasteiger partial charge in [0.15, 0.2) is 0 Å². The lowest BCUT2D eigenvalue weighted by molar-refractivity contribution is 0.0942. The first-order valence-corrected chi connectivity index (χ1v) is 6.32. The number of hydrogen-bond donors (Lipinski definition) is 2. The first-order valence-electron chi connectivity index (χ1n) is 6.32. The van der Waals surface area contributed by atoms with Crippen LogP contribution < -0.4 is 10.6 Å². The summed E-state index contributed by atoms with van der Waals surface area (Å²) >= 11 is 0. The van der Waals surface area contributed by atoms with Crippen molar-refractivity contribution in [2.24, 2.45) is 0 Å². The average molecular weight is 237 g/mol. The number of nitrogens with zero attached hydrogens (tertiary/aromatic N) is 1. The monoisotopic (exact) mass is 237 g/mol. The molecule has 4 heteroatoms. The van der Waals surface area contributed by atoms with E-state index in [4.69, 9.17) is 0 Å². The predicted molar refractivity (Wildman–Crippen MR) is 70.3 cm³/mol. The van der Waals surface area contributed by atoms with Crippen LogP contribution in [-0.2, 0) is 0 Å². The summed E-state index contributed by atoms with van der Waals surface area (Å²) in [4.78, 5) is 11.9. The maximum absolute atomic E-state index is 11.9. The summed E-state index contributed by atoms with van der Waals surface area (Å²) in [6.07, 6.45) is 2.90. The van der Waals surface area contributed by atoms with Gasteiger partial charge in [-0.3, -0.25) is 4.79 Å². The van der Waals surface area contributed by atoms with Crippen LogP contribution in [0.25, 0.3) is 0 Å². The molecule has 1 heterocycles. The minimum Gasteiger partial charge on any atom is -0.351 e. The first-order chi connectivity index (χ1) is 8.16. The normalized spacial score (nSPS) is 10.8. The summed E-state index contributed by atoms with van der Waals surface area (Å²) < 4.78 is 1.99. The van der Waals surface area contributed by atoms with Gasteiger partial charge < -0.3 is 15.2 Å². The van der Waals surface area contributed by atoms with Crippen LogP contribution in [0.2, 0.25) is 0 Å². The summed E-state index contributed by atoms with van der Waals surface area (Å²) in [6, 6.07) is 4.08. The molecule has 0 spiro atoms. The molecule has 0 bridgehead atoms. The second-order valence-corrected chi connectivity index (χ2v) is 4.36. The number of carbonyl (C=O) groups excluding carboxylic acids is 1. The van der Waals surface area contributed by atoms with Crippen molar-refractivity contribution in [1.82, 2.24) is 15.2 Å². The van der Waals surface area contributed by atoms with Crippen LogP contribution in [0, 0.1) is 0 Å². The van der Waals surface area contributed by atoms with E-state index in [1.807, 2.05) is 22.9 Å². The summed E-state index contributed by atoms with van der Waals surface area (Å²) in [5.41, 5.74) is 0.739. The molecule has 4 nitrogen and oxygen atoms in total. The van der Waals surface area contributed by atoms with E-state index in [0.29, 0.717) is 6.04 Å². The predicted octanol–water partition coefficient (Wildman–Crippen LogP) is 1.80. The second-order valence-electron chi connectivity index (χ2n) is 4.36. The molecule has 0 aromatic carbocycles. The molecule has 0 aliphatic rings. The van der Waals surface area contributed by atoms with Gasteiger partial charge in [-0.15, -0.1) is 0 Å². The third kappa shape index (κ3) is 4.23. The van der Waals surface area contributed by atoms with Crippen LogP contribution in [0.3, 0.4) is 0 Å². The summed E-state index contributed by atoms with van der Waals surface area (Å²) in [7, 11) is 0. The van der Waals surface area contributed by atoms with Crippen LogP contribution in [0.5, 0.6) is 0 Å². The maximum Gasteiger partial charge on any atom is 0.267 e. The number of hydrogen-bond acceptors (Lipinski definition) is 2. The smallest absolute Gasteiger partial charge is 0.267 e. The van der Waals surface area contributed by atoms with E-state index < -0.39 is 0 Å². The van der Waals surface area contributed by atoms with Crippen molar-refractivity contribution in [3.8, 4) is 0 Å². The zero-order chi connectivity index (χ0) is 12.7. The van der Waals surface area contributed by atoms with Crippen molar-refractivity contribution in [2.45, 2.75) is 33.2 Å². The molecule has 0 radical (unpaired) electrons. The maximum atomic E-state index is 11.9. The molecule has 0 fully saturated rings. The fourth-order valence-electron chi connectivity index (χ4n) is 1.72. The Labute approximate surface area is 103 Å². The summed E-state index contributed by atoms with van der Waals surface area (Å²) in [5, 5.41) is 6.17. The Morgan fingerprint density at radius 1 is 1.41 bits per heavy atom. The Morgan fingerprint density at radius 3 is 2.82 bits per heavy atom. The second kappa shape index (κ2) is 7.12. The Balaban J connectivity index is 2.39. The highest BCUT2D eigenvalue weighted by Crippen LogP contribution is 2.10. The molecule has 0 unspecified atom stereocenters. The molecule has 1 rings (SSSR count). The van der Waals surface area contributed by atoms with E-state index >= 15 is 0 Å². The van der Waals surface area contributed by atoms with Gasteiger partial charge >= 0.3 is 0 Å². The van der Waals surface area contributed by atoms with E-state index in [2.05, 4.69) is 31.4 Å². The van der Waals surface area contributed by atoms with Crippen molar-refractivity contribution >= 4 is 5.91 Å². The van der Waals surface area contributed by atoms with Gasteiger partial charge in [0.05, 0.1) is 0 Å². The SMILES string of the molecule is CCNCCCNC(=O)c1cccn1C(C)C. The molecule has 0 atom stereocenters. The van der Waals surface area contributed by atoms with Crippen molar-refractivity contribution in [1.29, 1.82) is 0 Å². The number of amides is 1. The fraction of sp³-hybridized carbons (Fsp3) is 0.615. The summed E-state index contributed by atoms with van der Waals surface area (Å²) in [6.45, 7) is 8.86. The van der Waals surface area contributed by atoms with Crippen LogP contribution in [0.1, 0.15) is 43.7 Å². The van der Waals surface area contributed by atoms with Gasteiger partial charge in [-0.05, 0) is 45.5 Å². The lowest BCUT2D eigenvalue weighted by Gasteiger charge is -2.12. The molecule has 1 amide bonds. The third-order valence-corrected chi connectivity index (χ3v) is 2.63. The highest BCUT2D eigenvalue weighted by Gasteiger charge is 2.11. The zero-order valence-electron chi connectivity index (χ0n) is 11.0. The van der Waals surface area contributed by atoms with E-state index in [-0.39, 0.29) is 5.91 Å². The molecule has 0 aliphatic carbocycles. The van der Waals surface area contributed by atoms with Crippen LogP contribution in [0.15, 0.2) is 18.3 Å². The Bertz CT molecular complexity index is 344. The lowest BCUT2D eigenvalue weighted by Crippen LogP contribution is -2.29. The standard InChI is InChI=1S/C13H23N3O/c1-4-14-8-6-9-15-13(17)12-7-5-10-16(12)11(2)3/h5,7,10-11,14H,4,6,8-9H2,1-3H3,(H,15,17). The average Bonchev–Trinajstić information content (AvgIpc) is 2.77. The highest BCUT2D eigenvalue weighted by atomic mass is 16.1. The molecule has 1 aromatic heterocycles. The quantitative estimate of drug-likeness (QED) is 0.710. The van der Waals surface area contributed by atoms with Gasteiger partial charge in [-0.2, -0.15) is 0 Å². The minimum absolute atomic E-state index is 0.0141. The Morgan fingerprint density at radius 2 is 2.18 bits per heavy atom. The first kappa shape index (κ1) is 13.8. The fourth-order valence-corrected chi connectivity index (χ4v) is 1.72. The molecule has 0 aliphatic heterocycles. The van der Waals surface area contributed by atoms with Crippen molar-refractivity contribution in [2.75, 3.05) is 19.6 Å². The third-order valence-electron chi connectivity index (χ3n) is 2.63. The van der Waals surface area contributed by atoms with Crippen molar-refractivity contribution in [3.63, 3.8) is 0 Å². The summed E-state index contributed by atoms with van der Waals surface area (Å²) in [5.74, 6) is 0.0141. The molecule has 0 saturated carbocycles. The van der Waals surface area contributed by atoms with Crippen LogP contribution in [0.4, 0.5) is 0 Å². The van der Waals surface area contributed by atoms with E-state index in [0.717, 1.165) is 31.7 Å². The molecule has 17 heavy (non-hydrogen) atoms. The number of nitrogens with one attached hydrogen (secondary N) is 2. The van der Waals surface area contributed by atoms with E-state index in [9.17, 15) is 4.79 Å². The van der Waals surface area contributed by atoms with Crippen molar-refractivity contribution in [3.05, 3.63) is 24.0 Å². The van der Waals surface area contributed by atoms with E-state index in [1.165, 1.54) is 0 Å². The van der Waals surface area contributed by atoms with Gasteiger partial charge in [0.2, 0.25) is 0 Å². The Hall–Kier alpha value is -1.29. The van der Waals surface area contributed by atoms with E-state index in [1.54, 1.807) is 0 Å². The van der Waals surface area contributed by atoms with Gasteiger partial charge in [0.1, 0.15) is 5.69 Å². The zero-order valence-corrected chi connectivity index (χ0v) is 11.0.